The Bertz CT molecular complexity index is 612. The zero-order valence-corrected chi connectivity index (χ0v) is 10.5. The second-order valence-electron chi connectivity index (χ2n) is 3.72. The number of carbonyl (C=O) groups is 1. The first-order chi connectivity index (χ1) is 9.01. The first-order valence-electron chi connectivity index (χ1n) is 5.09. The Morgan fingerprint density at radius 2 is 1.75 bits per heavy atom. The van der Waals surface area contributed by atoms with Gasteiger partial charge in [0.2, 0.25) is 5.91 Å². The molecule has 10 heteroatoms. The van der Waals surface area contributed by atoms with Crippen molar-refractivity contribution in [3.05, 3.63) is 29.8 Å². The highest BCUT2D eigenvalue weighted by Gasteiger charge is 2.29. The van der Waals surface area contributed by atoms with E-state index in [1.165, 1.54) is 4.72 Å². The second kappa shape index (κ2) is 5.73. The number of benzene rings is 1. The van der Waals surface area contributed by atoms with E-state index in [-0.39, 0.29) is 0 Å². The third-order valence-electron chi connectivity index (χ3n) is 2.09. The van der Waals surface area contributed by atoms with Gasteiger partial charge in [-0.05, 0) is 18.2 Å². The van der Waals surface area contributed by atoms with Crippen LogP contribution < -0.4 is 4.72 Å². The Morgan fingerprint density at radius 3 is 2.25 bits per heavy atom. The Kier molecular flexibility index (Phi) is 4.69. The van der Waals surface area contributed by atoms with Crippen LogP contribution in [-0.2, 0) is 14.8 Å². The van der Waals surface area contributed by atoms with E-state index in [0.29, 0.717) is 18.2 Å². The van der Waals surface area contributed by atoms with Crippen molar-refractivity contribution in [2.75, 3.05) is 0 Å². The van der Waals surface area contributed by atoms with Gasteiger partial charge in [-0.3, -0.25) is 4.79 Å². The summed E-state index contributed by atoms with van der Waals surface area (Å²) in [5, 5.41) is 0. The van der Waals surface area contributed by atoms with Crippen LogP contribution in [0.5, 0.6) is 0 Å². The van der Waals surface area contributed by atoms with Crippen molar-refractivity contribution in [2.24, 2.45) is 0 Å². The predicted octanol–water partition coefficient (Wildman–Crippen LogP) is 2.11. The Labute approximate surface area is 110 Å². The van der Waals surface area contributed by atoms with Crippen molar-refractivity contribution >= 4 is 15.9 Å². The van der Waals surface area contributed by atoms with E-state index >= 15 is 0 Å². The quantitative estimate of drug-likeness (QED) is 0.865. The highest BCUT2D eigenvalue weighted by molar-refractivity contribution is 7.90. The number of amides is 1. The fourth-order valence-corrected chi connectivity index (χ4v) is 2.18. The van der Waals surface area contributed by atoms with E-state index in [9.17, 15) is 35.2 Å². The molecular formula is C10H8F5NO3S. The molecule has 1 aromatic rings. The van der Waals surface area contributed by atoms with Gasteiger partial charge in [0, 0.05) is 6.42 Å². The van der Waals surface area contributed by atoms with Gasteiger partial charge in [-0.2, -0.15) is 13.2 Å². The van der Waals surface area contributed by atoms with E-state index in [2.05, 4.69) is 0 Å². The number of carbonyl (C=O) groups excluding carboxylic acids is 1. The molecule has 0 aliphatic heterocycles. The normalized spacial score (nSPS) is 12.2. The summed E-state index contributed by atoms with van der Waals surface area (Å²) in [6.45, 7) is 0. The molecule has 1 N–H and O–H groups in total. The zero-order valence-electron chi connectivity index (χ0n) is 9.67. The van der Waals surface area contributed by atoms with Crippen molar-refractivity contribution in [1.29, 1.82) is 0 Å². The summed E-state index contributed by atoms with van der Waals surface area (Å²) in [6, 6.07) is 1.51. The highest BCUT2D eigenvalue weighted by atomic mass is 32.2. The number of alkyl halides is 3. The Balaban J connectivity index is 2.79. The molecule has 0 unspecified atom stereocenters. The van der Waals surface area contributed by atoms with Crippen LogP contribution in [0, 0.1) is 11.6 Å². The molecule has 4 nitrogen and oxygen atoms in total. The number of rotatable bonds is 4. The summed E-state index contributed by atoms with van der Waals surface area (Å²) in [7, 11) is -4.54. The molecule has 0 atom stereocenters. The maximum Gasteiger partial charge on any atom is 0.389 e. The third-order valence-corrected chi connectivity index (χ3v) is 3.46. The van der Waals surface area contributed by atoms with Crippen molar-refractivity contribution in [2.45, 2.75) is 23.9 Å². The fourth-order valence-electron chi connectivity index (χ4n) is 1.16. The molecule has 1 aromatic carbocycles. The maximum absolute atomic E-state index is 12.9. The summed E-state index contributed by atoms with van der Waals surface area (Å²) >= 11 is 0. The van der Waals surface area contributed by atoms with Crippen LogP contribution in [0.1, 0.15) is 12.8 Å². The number of nitrogens with one attached hydrogen (secondary N) is 1. The number of halogens is 5. The van der Waals surface area contributed by atoms with Gasteiger partial charge in [0.25, 0.3) is 10.0 Å². The van der Waals surface area contributed by atoms with Crippen LogP contribution in [0.15, 0.2) is 23.1 Å². The van der Waals surface area contributed by atoms with Gasteiger partial charge in [-0.15, -0.1) is 0 Å². The molecule has 0 saturated heterocycles. The standard InChI is InChI=1S/C10H8F5NO3S/c11-7-2-1-6(5-8(7)12)20(18,19)16-9(17)3-4-10(13,14)15/h1-2,5H,3-4H2,(H,16,17). The smallest absolute Gasteiger partial charge is 0.274 e. The minimum Gasteiger partial charge on any atom is -0.274 e. The van der Waals surface area contributed by atoms with Crippen molar-refractivity contribution in [3.8, 4) is 0 Å². The molecule has 20 heavy (non-hydrogen) atoms. The highest BCUT2D eigenvalue weighted by Crippen LogP contribution is 2.21. The maximum atomic E-state index is 12.9. The van der Waals surface area contributed by atoms with Crippen LogP contribution in [-0.4, -0.2) is 20.5 Å². The Morgan fingerprint density at radius 1 is 1.15 bits per heavy atom. The minimum atomic E-state index is -4.61. The lowest BCUT2D eigenvalue weighted by Crippen LogP contribution is -2.31. The number of hydrogen-bond donors (Lipinski definition) is 1. The van der Waals surface area contributed by atoms with Crippen LogP contribution in [0.2, 0.25) is 0 Å². The largest absolute Gasteiger partial charge is 0.389 e. The third kappa shape index (κ3) is 4.76. The van der Waals surface area contributed by atoms with Crippen molar-refractivity contribution < 1.29 is 35.2 Å². The molecular weight excluding hydrogens is 309 g/mol. The molecule has 0 radical (unpaired) electrons. The van der Waals surface area contributed by atoms with E-state index < -0.39 is 51.5 Å². The molecule has 0 spiro atoms. The van der Waals surface area contributed by atoms with E-state index in [0.717, 1.165) is 0 Å². The summed E-state index contributed by atoms with van der Waals surface area (Å²) in [5.41, 5.74) is 0. The lowest BCUT2D eigenvalue weighted by Gasteiger charge is -2.08. The molecule has 0 aliphatic rings. The van der Waals surface area contributed by atoms with Crippen LogP contribution in [0.4, 0.5) is 22.0 Å². The number of sulfonamides is 1. The van der Waals surface area contributed by atoms with Gasteiger partial charge < -0.3 is 0 Å². The Hall–Kier alpha value is -1.71. The van der Waals surface area contributed by atoms with Gasteiger partial charge in [-0.1, -0.05) is 0 Å². The molecule has 0 fully saturated rings. The van der Waals surface area contributed by atoms with Crippen LogP contribution in [0.3, 0.4) is 0 Å². The molecule has 0 aliphatic carbocycles. The van der Waals surface area contributed by atoms with Crippen molar-refractivity contribution in [1.82, 2.24) is 4.72 Å². The summed E-state index contributed by atoms with van der Waals surface area (Å²) in [5.74, 6) is -4.16. The summed E-state index contributed by atoms with van der Waals surface area (Å²) in [4.78, 5) is 10.3. The second-order valence-corrected chi connectivity index (χ2v) is 5.40. The molecule has 0 aromatic heterocycles. The van der Waals surface area contributed by atoms with Gasteiger partial charge >= 0.3 is 6.18 Å². The predicted molar refractivity (Wildman–Crippen MR) is 57.0 cm³/mol. The average Bonchev–Trinajstić information content (AvgIpc) is 2.28. The molecule has 0 bridgehead atoms. The van der Waals surface area contributed by atoms with Gasteiger partial charge in [0.15, 0.2) is 11.6 Å². The van der Waals surface area contributed by atoms with E-state index in [1.54, 1.807) is 0 Å². The zero-order chi connectivity index (χ0) is 15.6. The minimum absolute atomic E-state index is 0.314. The van der Waals surface area contributed by atoms with Gasteiger partial charge in [0.1, 0.15) is 0 Å². The average molecular weight is 317 g/mol. The van der Waals surface area contributed by atoms with Crippen LogP contribution in [0.25, 0.3) is 0 Å². The van der Waals surface area contributed by atoms with E-state index in [4.69, 9.17) is 0 Å². The molecule has 1 rings (SSSR count). The first-order valence-corrected chi connectivity index (χ1v) is 6.57. The topological polar surface area (TPSA) is 63.2 Å². The molecule has 0 heterocycles. The molecule has 112 valence electrons. The summed E-state index contributed by atoms with van der Waals surface area (Å²) in [6.07, 6.45) is -7.19. The fraction of sp³-hybridized carbons (Fsp3) is 0.300. The molecule has 1 amide bonds. The van der Waals surface area contributed by atoms with Crippen LogP contribution >= 0.6 is 0 Å². The monoisotopic (exact) mass is 317 g/mol. The SMILES string of the molecule is O=C(CCC(F)(F)F)NS(=O)(=O)c1ccc(F)c(F)c1. The number of hydrogen-bond acceptors (Lipinski definition) is 3. The van der Waals surface area contributed by atoms with Gasteiger partial charge in [-0.25, -0.2) is 21.9 Å². The summed E-state index contributed by atoms with van der Waals surface area (Å²) < 4.78 is 85.4. The lowest BCUT2D eigenvalue weighted by molar-refractivity contribution is -0.143. The van der Waals surface area contributed by atoms with Crippen molar-refractivity contribution in [3.63, 3.8) is 0 Å². The molecule has 0 saturated carbocycles. The first kappa shape index (κ1) is 16.3. The van der Waals surface area contributed by atoms with E-state index in [1.807, 2.05) is 0 Å². The van der Waals surface area contributed by atoms with Gasteiger partial charge in [0.05, 0.1) is 11.3 Å². The lowest BCUT2D eigenvalue weighted by atomic mass is 10.3.